The number of fused-ring (bicyclic) bond motifs is 1. The summed E-state index contributed by atoms with van der Waals surface area (Å²) >= 11 is 0. The fourth-order valence-corrected chi connectivity index (χ4v) is 2.79. The second-order valence-corrected chi connectivity index (χ2v) is 5.24. The van der Waals surface area contributed by atoms with Crippen LogP contribution in [-0.4, -0.2) is 32.9 Å². The fraction of sp³-hybridized carbons (Fsp3) is 0.312. The number of hydrogen-bond acceptors (Lipinski definition) is 4. The van der Waals surface area contributed by atoms with Crippen LogP contribution in [0, 0.1) is 0 Å². The van der Waals surface area contributed by atoms with Crippen LogP contribution in [0.25, 0.3) is 0 Å². The van der Waals surface area contributed by atoms with E-state index in [0.29, 0.717) is 18.6 Å². The summed E-state index contributed by atoms with van der Waals surface area (Å²) in [6.07, 6.45) is 2.06. The SMILES string of the molecule is CCc1ocnc1C(=O)N1Cc2ccccc2C[C@H]1C(=O)O. The third-order valence-corrected chi connectivity index (χ3v) is 3.96. The standard InChI is InChI=1S/C16H16N2O4/c1-2-13-14(17-9-22-13)15(19)18-8-11-6-4-3-5-10(11)7-12(18)16(20)21/h3-6,9,12H,2,7-8H2,1H3,(H,20,21)/t12-/m0/s1. The average molecular weight is 300 g/mol. The minimum atomic E-state index is -1.01. The van der Waals surface area contributed by atoms with Crippen molar-refractivity contribution in [3.63, 3.8) is 0 Å². The summed E-state index contributed by atoms with van der Waals surface area (Å²) < 4.78 is 5.18. The molecule has 1 atom stereocenters. The fourth-order valence-electron chi connectivity index (χ4n) is 2.79. The molecule has 1 N–H and O–H groups in total. The lowest BCUT2D eigenvalue weighted by Crippen LogP contribution is -2.48. The molecule has 0 fully saturated rings. The Bertz CT molecular complexity index is 722. The predicted octanol–water partition coefficient (Wildman–Crippen LogP) is 1.89. The molecule has 1 aliphatic heterocycles. The van der Waals surface area contributed by atoms with Crippen molar-refractivity contribution in [3.05, 3.63) is 53.2 Å². The van der Waals surface area contributed by atoms with Crippen molar-refractivity contribution in [2.24, 2.45) is 0 Å². The van der Waals surface area contributed by atoms with Gasteiger partial charge < -0.3 is 14.4 Å². The summed E-state index contributed by atoms with van der Waals surface area (Å²) in [5, 5.41) is 9.47. The smallest absolute Gasteiger partial charge is 0.326 e. The van der Waals surface area contributed by atoms with Crippen molar-refractivity contribution in [1.29, 1.82) is 0 Å². The number of carbonyl (C=O) groups is 2. The van der Waals surface area contributed by atoms with E-state index in [-0.39, 0.29) is 12.2 Å². The number of hydrogen-bond donors (Lipinski definition) is 1. The minimum Gasteiger partial charge on any atom is -0.480 e. The lowest BCUT2D eigenvalue weighted by molar-refractivity contribution is -0.142. The number of aliphatic carboxylic acids is 1. The summed E-state index contributed by atoms with van der Waals surface area (Å²) in [5.41, 5.74) is 2.14. The van der Waals surface area contributed by atoms with Crippen molar-refractivity contribution in [2.45, 2.75) is 32.4 Å². The maximum atomic E-state index is 12.7. The van der Waals surface area contributed by atoms with Gasteiger partial charge in [-0.15, -0.1) is 0 Å². The van der Waals surface area contributed by atoms with Crippen LogP contribution in [0.2, 0.25) is 0 Å². The zero-order valence-corrected chi connectivity index (χ0v) is 12.2. The number of amides is 1. The van der Waals surface area contributed by atoms with Gasteiger partial charge in [0.15, 0.2) is 12.1 Å². The Labute approximate surface area is 127 Å². The van der Waals surface area contributed by atoms with Crippen molar-refractivity contribution in [3.8, 4) is 0 Å². The number of benzene rings is 1. The van der Waals surface area contributed by atoms with E-state index in [0.717, 1.165) is 11.1 Å². The monoisotopic (exact) mass is 300 g/mol. The molecule has 1 aromatic heterocycles. The summed E-state index contributed by atoms with van der Waals surface area (Å²) in [7, 11) is 0. The van der Waals surface area contributed by atoms with Crippen LogP contribution < -0.4 is 0 Å². The van der Waals surface area contributed by atoms with Gasteiger partial charge in [-0.05, 0) is 11.1 Å². The molecule has 0 unspecified atom stereocenters. The maximum Gasteiger partial charge on any atom is 0.326 e. The van der Waals surface area contributed by atoms with Gasteiger partial charge in [-0.2, -0.15) is 0 Å². The zero-order valence-electron chi connectivity index (χ0n) is 12.2. The van der Waals surface area contributed by atoms with Gasteiger partial charge in [0.25, 0.3) is 5.91 Å². The third kappa shape index (κ3) is 2.36. The Hall–Kier alpha value is -2.63. The van der Waals surface area contributed by atoms with Crippen LogP contribution in [0.4, 0.5) is 0 Å². The molecule has 0 saturated heterocycles. The van der Waals surface area contributed by atoms with Crippen LogP contribution in [0.15, 0.2) is 35.1 Å². The van der Waals surface area contributed by atoms with Crippen LogP contribution >= 0.6 is 0 Å². The van der Waals surface area contributed by atoms with Crippen molar-refractivity contribution in [1.82, 2.24) is 9.88 Å². The van der Waals surface area contributed by atoms with E-state index in [4.69, 9.17) is 4.42 Å². The van der Waals surface area contributed by atoms with Gasteiger partial charge in [0.05, 0.1) is 0 Å². The molecule has 1 amide bonds. The Morgan fingerprint density at radius 3 is 2.77 bits per heavy atom. The number of carbonyl (C=O) groups excluding carboxylic acids is 1. The van der Waals surface area contributed by atoms with E-state index in [1.165, 1.54) is 11.3 Å². The first-order valence-electron chi connectivity index (χ1n) is 7.14. The van der Waals surface area contributed by atoms with Gasteiger partial charge in [-0.1, -0.05) is 31.2 Å². The van der Waals surface area contributed by atoms with Crippen molar-refractivity contribution in [2.75, 3.05) is 0 Å². The molecule has 22 heavy (non-hydrogen) atoms. The van der Waals surface area contributed by atoms with E-state index in [2.05, 4.69) is 4.98 Å². The Kier molecular flexibility index (Phi) is 3.66. The highest BCUT2D eigenvalue weighted by Crippen LogP contribution is 2.25. The largest absolute Gasteiger partial charge is 0.480 e. The first-order valence-corrected chi connectivity index (χ1v) is 7.14. The molecule has 114 valence electrons. The molecule has 6 heteroatoms. The first kappa shape index (κ1) is 14.3. The van der Waals surface area contributed by atoms with Crippen LogP contribution in [-0.2, 0) is 24.2 Å². The predicted molar refractivity (Wildman–Crippen MR) is 77.3 cm³/mol. The second-order valence-electron chi connectivity index (χ2n) is 5.24. The molecule has 1 aliphatic rings. The number of aromatic nitrogens is 1. The summed E-state index contributed by atoms with van der Waals surface area (Å²) in [4.78, 5) is 29.6. The topological polar surface area (TPSA) is 83.6 Å². The number of carboxylic acid groups (broad SMARTS) is 1. The lowest BCUT2D eigenvalue weighted by atomic mass is 9.93. The van der Waals surface area contributed by atoms with Crippen molar-refractivity contribution >= 4 is 11.9 Å². The van der Waals surface area contributed by atoms with E-state index < -0.39 is 17.9 Å². The Balaban J connectivity index is 1.97. The third-order valence-electron chi connectivity index (χ3n) is 3.96. The number of rotatable bonds is 3. The number of carboxylic acids is 1. The normalized spacial score (nSPS) is 17.1. The molecule has 1 aromatic carbocycles. The molecule has 0 saturated carbocycles. The first-order chi connectivity index (χ1) is 10.6. The number of aryl methyl sites for hydroxylation is 1. The van der Waals surface area contributed by atoms with Crippen LogP contribution in [0.3, 0.4) is 0 Å². The molecule has 2 heterocycles. The summed E-state index contributed by atoms with van der Waals surface area (Å²) in [5.74, 6) is -0.926. The Morgan fingerprint density at radius 1 is 1.36 bits per heavy atom. The molecule has 0 spiro atoms. The van der Waals surface area contributed by atoms with Gasteiger partial charge in [0.2, 0.25) is 0 Å². The van der Waals surface area contributed by atoms with E-state index >= 15 is 0 Å². The number of oxazole rings is 1. The molecular formula is C16H16N2O4. The second kappa shape index (κ2) is 5.63. The van der Waals surface area contributed by atoms with E-state index in [1.807, 2.05) is 31.2 Å². The zero-order chi connectivity index (χ0) is 15.7. The summed E-state index contributed by atoms with van der Waals surface area (Å²) in [6, 6.07) is 6.69. The van der Waals surface area contributed by atoms with Gasteiger partial charge in [0.1, 0.15) is 11.8 Å². The summed E-state index contributed by atoms with van der Waals surface area (Å²) in [6.45, 7) is 2.12. The van der Waals surface area contributed by atoms with E-state index in [9.17, 15) is 14.7 Å². The lowest BCUT2D eigenvalue weighted by Gasteiger charge is -2.34. The highest BCUT2D eigenvalue weighted by atomic mass is 16.4. The average Bonchev–Trinajstić information content (AvgIpc) is 3.01. The highest BCUT2D eigenvalue weighted by molar-refractivity contribution is 5.96. The van der Waals surface area contributed by atoms with Gasteiger partial charge in [-0.25, -0.2) is 9.78 Å². The van der Waals surface area contributed by atoms with Gasteiger partial charge >= 0.3 is 5.97 Å². The number of nitrogens with zero attached hydrogens (tertiary/aromatic N) is 2. The van der Waals surface area contributed by atoms with Crippen LogP contribution in [0.1, 0.15) is 34.3 Å². The maximum absolute atomic E-state index is 12.7. The van der Waals surface area contributed by atoms with Crippen molar-refractivity contribution < 1.29 is 19.1 Å². The van der Waals surface area contributed by atoms with Gasteiger partial charge in [-0.3, -0.25) is 4.79 Å². The van der Waals surface area contributed by atoms with E-state index in [1.54, 1.807) is 0 Å². The molecular weight excluding hydrogens is 284 g/mol. The quantitative estimate of drug-likeness (QED) is 0.935. The molecule has 6 nitrogen and oxygen atoms in total. The molecule has 2 aromatic rings. The Morgan fingerprint density at radius 2 is 2.09 bits per heavy atom. The minimum absolute atomic E-state index is 0.202. The van der Waals surface area contributed by atoms with Gasteiger partial charge in [0, 0.05) is 19.4 Å². The highest BCUT2D eigenvalue weighted by Gasteiger charge is 2.36. The van der Waals surface area contributed by atoms with Crippen LogP contribution in [0.5, 0.6) is 0 Å². The molecule has 0 bridgehead atoms. The molecule has 3 rings (SSSR count). The molecule has 0 radical (unpaired) electrons. The molecule has 0 aliphatic carbocycles.